The zero-order valence-corrected chi connectivity index (χ0v) is 11.3. The third kappa shape index (κ3) is 4.65. The van der Waals surface area contributed by atoms with E-state index in [0.717, 1.165) is 17.9 Å². The highest BCUT2D eigenvalue weighted by molar-refractivity contribution is 5.56. The molecule has 3 N–H and O–H groups in total. The number of nitrogens with two attached hydrogens (primary N) is 1. The summed E-state index contributed by atoms with van der Waals surface area (Å²) in [7, 11) is 1.68. The van der Waals surface area contributed by atoms with Gasteiger partial charge in [-0.15, -0.1) is 0 Å². The van der Waals surface area contributed by atoms with E-state index in [1.165, 1.54) is 0 Å². The molecule has 0 heterocycles. The lowest BCUT2D eigenvalue weighted by Crippen LogP contribution is -2.33. The zero-order chi connectivity index (χ0) is 12.9. The van der Waals surface area contributed by atoms with Gasteiger partial charge >= 0.3 is 0 Å². The highest BCUT2D eigenvalue weighted by Crippen LogP contribution is 2.27. The fraction of sp³-hybridized carbons (Fsp3) is 0.571. The molecule has 1 aromatic carbocycles. The second kappa shape index (κ2) is 5.92. The van der Waals surface area contributed by atoms with E-state index in [1.54, 1.807) is 7.11 Å². The fourth-order valence-corrected chi connectivity index (χ4v) is 1.92. The smallest absolute Gasteiger partial charge is 0.141 e. The van der Waals surface area contributed by atoms with E-state index in [2.05, 4.69) is 26.1 Å². The van der Waals surface area contributed by atoms with Gasteiger partial charge in [0.25, 0.3) is 0 Å². The van der Waals surface area contributed by atoms with Crippen LogP contribution in [0.15, 0.2) is 24.3 Å². The minimum Gasteiger partial charge on any atom is -0.495 e. The third-order valence-electron chi connectivity index (χ3n) is 2.61. The van der Waals surface area contributed by atoms with Crippen LogP contribution in [0.3, 0.4) is 0 Å². The van der Waals surface area contributed by atoms with Gasteiger partial charge in [0.05, 0.1) is 12.8 Å². The van der Waals surface area contributed by atoms with Crippen molar-refractivity contribution < 1.29 is 4.74 Å². The summed E-state index contributed by atoms with van der Waals surface area (Å²) >= 11 is 0. The number of methoxy groups -OCH3 is 1. The first-order valence-electron chi connectivity index (χ1n) is 6.06. The molecule has 17 heavy (non-hydrogen) atoms. The summed E-state index contributed by atoms with van der Waals surface area (Å²) in [5.41, 5.74) is 7.09. The van der Waals surface area contributed by atoms with Gasteiger partial charge in [0.2, 0.25) is 0 Å². The van der Waals surface area contributed by atoms with Crippen molar-refractivity contribution in [2.24, 2.45) is 11.1 Å². The molecule has 1 atom stereocenters. The normalized spacial score (nSPS) is 13.2. The van der Waals surface area contributed by atoms with E-state index in [0.29, 0.717) is 6.54 Å². The lowest BCUT2D eigenvalue weighted by molar-refractivity contribution is 0.350. The monoisotopic (exact) mass is 236 g/mol. The molecule has 0 aromatic heterocycles. The largest absolute Gasteiger partial charge is 0.495 e. The second-order valence-corrected chi connectivity index (χ2v) is 5.54. The van der Waals surface area contributed by atoms with Crippen LogP contribution < -0.4 is 15.8 Å². The van der Waals surface area contributed by atoms with E-state index < -0.39 is 0 Å². The van der Waals surface area contributed by atoms with Crippen molar-refractivity contribution in [3.05, 3.63) is 24.3 Å². The van der Waals surface area contributed by atoms with Gasteiger partial charge in [-0.25, -0.2) is 0 Å². The van der Waals surface area contributed by atoms with Gasteiger partial charge in [-0.1, -0.05) is 32.9 Å². The molecular weight excluding hydrogens is 212 g/mol. The number of anilines is 1. The van der Waals surface area contributed by atoms with E-state index in [9.17, 15) is 0 Å². The number of hydrogen-bond donors (Lipinski definition) is 2. The number of nitrogens with one attached hydrogen (secondary N) is 1. The maximum Gasteiger partial charge on any atom is 0.141 e. The first-order valence-corrected chi connectivity index (χ1v) is 6.06. The maximum absolute atomic E-state index is 5.82. The molecule has 0 spiro atoms. The molecule has 96 valence electrons. The van der Waals surface area contributed by atoms with Crippen LogP contribution in [0.1, 0.15) is 27.2 Å². The number of para-hydroxylation sites is 2. The molecule has 0 amide bonds. The predicted octanol–water partition coefficient (Wildman–Crippen LogP) is 2.87. The molecule has 1 unspecified atom stereocenters. The van der Waals surface area contributed by atoms with Gasteiger partial charge in [-0.05, 0) is 24.0 Å². The molecule has 0 bridgehead atoms. The molecule has 0 fully saturated rings. The number of rotatable bonds is 5. The first-order chi connectivity index (χ1) is 7.96. The topological polar surface area (TPSA) is 47.3 Å². The Hall–Kier alpha value is -1.22. The van der Waals surface area contributed by atoms with Gasteiger partial charge < -0.3 is 15.8 Å². The summed E-state index contributed by atoms with van der Waals surface area (Å²) in [6, 6.07) is 8.20. The average molecular weight is 236 g/mol. The Morgan fingerprint density at radius 2 is 1.94 bits per heavy atom. The third-order valence-corrected chi connectivity index (χ3v) is 2.61. The zero-order valence-electron chi connectivity index (χ0n) is 11.3. The molecule has 0 aliphatic carbocycles. The summed E-state index contributed by atoms with van der Waals surface area (Å²) in [6.45, 7) is 7.29. The maximum atomic E-state index is 5.82. The Balaban J connectivity index is 2.73. The van der Waals surface area contributed by atoms with Crippen LogP contribution in [-0.2, 0) is 0 Å². The van der Waals surface area contributed by atoms with Crippen molar-refractivity contribution in [3.63, 3.8) is 0 Å². The Kier molecular flexibility index (Phi) is 4.82. The van der Waals surface area contributed by atoms with Crippen molar-refractivity contribution in [1.29, 1.82) is 0 Å². The summed E-state index contributed by atoms with van der Waals surface area (Å²) < 4.78 is 5.32. The Morgan fingerprint density at radius 3 is 2.47 bits per heavy atom. The van der Waals surface area contributed by atoms with E-state index >= 15 is 0 Å². The molecule has 0 radical (unpaired) electrons. The van der Waals surface area contributed by atoms with Crippen molar-refractivity contribution in [2.75, 3.05) is 19.0 Å². The van der Waals surface area contributed by atoms with Crippen LogP contribution in [0.25, 0.3) is 0 Å². The Morgan fingerprint density at radius 1 is 1.29 bits per heavy atom. The van der Waals surface area contributed by atoms with Gasteiger partial charge in [-0.2, -0.15) is 0 Å². The van der Waals surface area contributed by atoms with Gasteiger partial charge in [-0.3, -0.25) is 0 Å². The summed E-state index contributed by atoms with van der Waals surface area (Å²) in [5.74, 6) is 0.861. The molecule has 0 aliphatic heterocycles. The SMILES string of the molecule is COc1ccccc1NC(CN)CC(C)(C)C. The molecule has 1 rings (SSSR count). The first kappa shape index (κ1) is 13.8. The van der Waals surface area contributed by atoms with Crippen LogP contribution in [0.2, 0.25) is 0 Å². The van der Waals surface area contributed by atoms with Crippen LogP contribution >= 0.6 is 0 Å². The lowest BCUT2D eigenvalue weighted by Gasteiger charge is -2.27. The van der Waals surface area contributed by atoms with Crippen molar-refractivity contribution >= 4 is 5.69 Å². The summed E-state index contributed by atoms with van der Waals surface area (Å²) in [4.78, 5) is 0. The minimum absolute atomic E-state index is 0.263. The summed E-state index contributed by atoms with van der Waals surface area (Å²) in [5, 5.41) is 3.45. The summed E-state index contributed by atoms with van der Waals surface area (Å²) in [6.07, 6.45) is 1.03. The Bertz CT molecular complexity index is 344. The van der Waals surface area contributed by atoms with E-state index in [-0.39, 0.29) is 11.5 Å². The van der Waals surface area contributed by atoms with Crippen molar-refractivity contribution in [1.82, 2.24) is 0 Å². The highest BCUT2D eigenvalue weighted by Gasteiger charge is 2.18. The molecule has 0 saturated heterocycles. The average Bonchev–Trinajstić information content (AvgIpc) is 2.27. The second-order valence-electron chi connectivity index (χ2n) is 5.54. The molecule has 0 aliphatic rings. The van der Waals surface area contributed by atoms with Gasteiger partial charge in [0, 0.05) is 12.6 Å². The quantitative estimate of drug-likeness (QED) is 0.826. The van der Waals surface area contributed by atoms with Crippen molar-refractivity contribution in [2.45, 2.75) is 33.2 Å². The van der Waals surface area contributed by atoms with Gasteiger partial charge in [0.15, 0.2) is 0 Å². The van der Waals surface area contributed by atoms with Crippen LogP contribution in [0.4, 0.5) is 5.69 Å². The lowest BCUT2D eigenvalue weighted by atomic mass is 9.88. The minimum atomic E-state index is 0.263. The number of hydrogen-bond acceptors (Lipinski definition) is 3. The molecule has 3 nitrogen and oxygen atoms in total. The van der Waals surface area contributed by atoms with E-state index in [1.807, 2.05) is 24.3 Å². The van der Waals surface area contributed by atoms with Crippen LogP contribution in [0.5, 0.6) is 5.75 Å². The number of ether oxygens (including phenoxy) is 1. The number of benzene rings is 1. The van der Waals surface area contributed by atoms with Crippen LogP contribution in [0, 0.1) is 5.41 Å². The Labute approximate surface area is 104 Å². The molecule has 1 aromatic rings. The van der Waals surface area contributed by atoms with E-state index in [4.69, 9.17) is 10.5 Å². The molecule has 3 heteroatoms. The van der Waals surface area contributed by atoms with Crippen molar-refractivity contribution in [3.8, 4) is 5.75 Å². The predicted molar refractivity (Wildman–Crippen MR) is 73.5 cm³/mol. The van der Waals surface area contributed by atoms with Crippen LogP contribution in [-0.4, -0.2) is 19.7 Å². The fourth-order valence-electron chi connectivity index (χ4n) is 1.92. The molecule has 0 saturated carbocycles. The standard InChI is InChI=1S/C14H24N2O/c1-14(2,3)9-11(10-15)16-12-7-5-6-8-13(12)17-4/h5-8,11,16H,9-10,15H2,1-4H3. The highest BCUT2D eigenvalue weighted by atomic mass is 16.5. The molecular formula is C14H24N2O. The van der Waals surface area contributed by atoms with Gasteiger partial charge in [0.1, 0.15) is 5.75 Å².